The van der Waals surface area contributed by atoms with Gasteiger partial charge in [-0.2, -0.15) is 0 Å². The van der Waals surface area contributed by atoms with Crippen LogP contribution in [0.2, 0.25) is 0 Å². The Morgan fingerprint density at radius 3 is 2.53 bits per heavy atom. The lowest BCUT2D eigenvalue weighted by Crippen LogP contribution is -2.48. The largest absolute Gasteiger partial charge is 0.478 e. The van der Waals surface area contributed by atoms with Crippen LogP contribution in [0, 0.1) is 0 Å². The molecule has 0 aliphatic carbocycles. The molecule has 0 saturated carbocycles. The van der Waals surface area contributed by atoms with E-state index < -0.39 is 5.97 Å². The first-order valence-corrected chi connectivity index (χ1v) is 6.35. The van der Waals surface area contributed by atoms with Gasteiger partial charge in [-0.3, -0.25) is 4.79 Å². The smallest absolute Gasteiger partial charge is 0.335 e. The predicted molar refractivity (Wildman–Crippen MR) is 69.3 cm³/mol. The number of hydrogen-bond acceptors (Lipinski definition) is 3. The van der Waals surface area contributed by atoms with Gasteiger partial charge in [-0.15, -0.1) is 0 Å². The molecule has 1 atom stereocenters. The van der Waals surface area contributed by atoms with Gasteiger partial charge >= 0.3 is 5.97 Å². The molecule has 19 heavy (non-hydrogen) atoms. The van der Waals surface area contributed by atoms with Gasteiger partial charge in [0.15, 0.2) is 0 Å². The third-order valence-electron chi connectivity index (χ3n) is 3.34. The Hall–Kier alpha value is -1.88. The van der Waals surface area contributed by atoms with E-state index in [2.05, 4.69) is 0 Å². The molecule has 1 aromatic rings. The number of carbonyl (C=O) groups excluding carboxylic acids is 1. The van der Waals surface area contributed by atoms with Crippen molar-refractivity contribution in [3.8, 4) is 0 Å². The maximum Gasteiger partial charge on any atom is 0.335 e. The summed E-state index contributed by atoms with van der Waals surface area (Å²) in [7, 11) is 0. The highest BCUT2D eigenvalue weighted by atomic mass is 16.5. The molecule has 1 amide bonds. The summed E-state index contributed by atoms with van der Waals surface area (Å²) in [4.78, 5) is 24.9. The van der Waals surface area contributed by atoms with E-state index in [1.54, 1.807) is 17.0 Å². The molecule has 1 heterocycles. The summed E-state index contributed by atoms with van der Waals surface area (Å²) in [5.41, 5.74) is 0.705. The molecule has 0 bridgehead atoms. The highest BCUT2D eigenvalue weighted by Crippen LogP contribution is 2.15. The molecule has 1 aromatic carbocycles. The fraction of sp³-hybridized carbons (Fsp3) is 0.429. The third kappa shape index (κ3) is 2.93. The number of carboxylic acid groups (broad SMARTS) is 1. The highest BCUT2D eigenvalue weighted by Gasteiger charge is 2.26. The minimum atomic E-state index is -0.989. The van der Waals surface area contributed by atoms with Crippen LogP contribution < -0.4 is 0 Å². The lowest BCUT2D eigenvalue weighted by molar-refractivity contribution is -0.00280. The maximum absolute atomic E-state index is 12.4. The van der Waals surface area contributed by atoms with Crippen LogP contribution >= 0.6 is 0 Å². The van der Waals surface area contributed by atoms with Crippen molar-refractivity contribution in [2.24, 2.45) is 0 Å². The van der Waals surface area contributed by atoms with Crippen LogP contribution in [0.15, 0.2) is 24.3 Å². The number of carbonyl (C=O) groups is 2. The van der Waals surface area contributed by atoms with Gasteiger partial charge in [0.1, 0.15) is 0 Å². The number of morpholine rings is 1. The minimum Gasteiger partial charge on any atom is -0.478 e. The van der Waals surface area contributed by atoms with E-state index in [1.807, 2.05) is 6.92 Å². The number of amides is 1. The van der Waals surface area contributed by atoms with E-state index in [-0.39, 0.29) is 17.5 Å². The van der Waals surface area contributed by atoms with Crippen molar-refractivity contribution in [2.45, 2.75) is 19.4 Å². The topological polar surface area (TPSA) is 66.8 Å². The summed E-state index contributed by atoms with van der Waals surface area (Å²) in [5, 5.41) is 8.83. The van der Waals surface area contributed by atoms with Crippen molar-refractivity contribution >= 4 is 11.9 Å². The predicted octanol–water partition coefficient (Wildman–Crippen LogP) is 1.64. The van der Waals surface area contributed by atoms with Crippen molar-refractivity contribution < 1.29 is 19.4 Å². The zero-order chi connectivity index (χ0) is 13.8. The van der Waals surface area contributed by atoms with Crippen LogP contribution in [-0.4, -0.2) is 47.7 Å². The molecule has 1 aliphatic heterocycles. The number of benzene rings is 1. The average molecular weight is 263 g/mol. The Morgan fingerprint density at radius 1 is 1.32 bits per heavy atom. The van der Waals surface area contributed by atoms with E-state index in [4.69, 9.17) is 9.84 Å². The van der Waals surface area contributed by atoms with E-state index >= 15 is 0 Å². The normalized spacial score (nSPS) is 19.2. The third-order valence-corrected chi connectivity index (χ3v) is 3.34. The molecule has 0 aromatic heterocycles. The summed E-state index contributed by atoms with van der Waals surface area (Å²) >= 11 is 0. The first-order valence-electron chi connectivity index (χ1n) is 6.35. The van der Waals surface area contributed by atoms with Crippen LogP contribution in [0.1, 0.15) is 34.1 Å². The number of rotatable bonds is 3. The van der Waals surface area contributed by atoms with Gasteiger partial charge in [0, 0.05) is 12.1 Å². The van der Waals surface area contributed by atoms with Crippen LogP contribution in [0.25, 0.3) is 0 Å². The minimum absolute atomic E-state index is 0.0629. The zero-order valence-electron chi connectivity index (χ0n) is 10.8. The Labute approximate surface area is 111 Å². The molecule has 2 rings (SSSR count). The van der Waals surface area contributed by atoms with Crippen molar-refractivity contribution in [2.75, 3.05) is 19.8 Å². The average Bonchev–Trinajstić information content (AvgIpc) is 2.46. The first kappa shape index (κ1) is 13.5. The Kier molecular flexibility index (Phi) is 4.16. The lowest BCUT2D eigenvalue weighted by Gasteiger charge is -2.35. The molecule has 102 valence electrons. The SMILES string of the molecule is CC[C@H]1COCCN1C(=O)c1ccc(C(=O)O)cc1. The number of aromatic carboxylic acids is 1. The van der Waals surface area contributed by atoms with E-state index in [0.29, 0.717) is 25.3 Å². The van der Waals surface area contributed by atoms with Gasteiger partial charge in [-0.1, -0.05) is 6.92 Å². The molecule has 5 nitrogen and oxygen atoms in total. The van der Waals surface area contributed by atoms with Crippen LogP contribution in [0.3, 0.4) is 0 Å². The molecule has 1 N–H and O–H groups in total. The standard InChI is InChI=1S/C14H17NO4/c1-2-12-9-19-8-7-15(12)13(16)10-3-5-11(6-4-10)14(17)18/h3-6,12H,2,7-9H2,1H3,(H,17,18)/t12-/m0/s1. The summed E-state index contributed by atoms with van der Waals surface area (Å²) in [6.07, 6.45) is 0.846. The number of ether oxygens (including phenoxy) is 1. The molecule has 0 unspecified atom stereocenters. The Balaban J connectivity index is 2.16. The van der Waals surface area contributed by atoms with E-state index in [1.165, 1.54) is 12.1 Å². The zero-order valence-corrected chi connectivity index (χ0v) is 10.8. The van der Waals surface area contributed by atoms with E-state index in [0.717, 1.165) is 6.42 Å². The summed E-state index contributed by atoms with van der Waals surface area (Å²) in [6.45, 7) is 3.72. The molecule has 1 saturated heterocycles. The second kappa shape index (κ2) is 5.84. The van der Waals surface area contributed by atoms with Crippen molar-refractivity contribution in [1.82, 2.24) is 4.90 Å². The van der Waals surface area contributed by atoms with Crippen molar-refractivity contribution in [3.05, 3.63) is 35.4 Å². The van der Waals surface area contributed by atoms with Gasteiger partial charge in [-0.05, 0) is 30.7 Å². The summed E-state index contributed by atoms with van der Waals surface area (Å²) < 4.78 is 5.37. The quantitative estimate of drug-likeness (QED) is 0.900. The monoisotopic (exact) mass is 263 g/mol. The maximum atomic E-state index is 12.4. The molecule has 5 heteroatoms. The lowest BCUT2D eigenvalue weighted by atomic mass is 10.1. The molecular formula is C14H17NO4. The molecule has 1 fully saturated rings. The highest BCUT2D eigenvalue weighted by molar-refractivity contribution is 5.96. The van der Waals surface area contributed by atoms with Crippen LogP contribution in [0.5, 0.6) is 0 Å². The Morgan fingerprint density at radius 2 is 1.95 bits per heavy atom. The second-order valence-electron chi connectivity index (χ2n) is 4.52. The number of hydrogen-bond donors (Lipinski definition) is 1. The second-order valence-corrected chi connectivity index (χ2v) is 4.52. The van der Waals surface area contributed by atoms with Gasteiger partial charge in [-0.25, -0.2) is 4.79 Å². The number of nitrogens with zero attached hydrogens (tertiary/aromatic N) is 1. The molecule has 0 radical (unpaired) electrons. The first-order chi connectivity index (χ1) is 9.13. The number of carboxylic acids is 1. The van der Waals surface area contributed by atoms with Crippen molar-refractivity contribution in [1.29, 1.82) is 0 Å². The molecule has 0 spiro atoms. The fourth-order valence-electron chi connectivity index (χ4n) is 2.18. The van der Waals surface area contributed by atoms with Gasteiger partial charge in [0.05, 0.1) is 24.8 Å². The van der Waals surface area contributed by atoms with Crippen LogP contribution in [0.4, 0.5) is 0 Å². The van der Waals surface area contributed by atoms with Gasteiger partial charge < -0.3 is 14.7 Å². The molecule has 1 aliphatic rings. The summed E-state index contributed by atoms with van der Waals surface area (Å²) in [5.74, 6) is -1.05. The molecular weight excluding hydrogens is 246 g/mol. The fourth-order valence-corrected chi connectivity index (χ4v) is 2.18. The van der Waals surface area contributed by atoms with E-state index in [9.17, 15) is 9.59 Å². The Bertz CT molecular complexity index is 469. The van der Waals surface area contributed by atoms with Crippen molar-refractivity contribution in [3.63, 3.8) is 0 Å². The van der Waals surface area contributed by atoms with Gasteiger partial charge in [0.25, 0.3) is 5.91 Å². The van der Waals surface area contributed by atoms with Gasteiger partial charge in [0.2, 0.25) is 0 Å². The van der Waals surface area contributed by atoms with Crippen LogP contribution in [-0.2, 0) is 4.74 Å². The summed E-state index contributed by atoms with van der Waals surface area (Å²) in [6, 6.07) is 6.14.